The molecule has 1 N–H and O–H groups in total. The molecular formula is C14H18O3. The van der Waals surface area contributed by atoms with Crippen molar-refractivity contribution in [3.8, 4) is 11.5 Å². The Balaban J connectivity index is 1.61. The van der Waals surface area contributed by atoms with Gasteiger partial charge in [0.25, 0.3) is 0 Å². The molecule has 0 amide bonds. The minimum Gasteiger partial charge on any atom is -0.454 e. The Hall–Kier alpha value is -1.22. The van der Waals surface area contributed by atoms with Crippen LogP contribution in [0.25, 0.3) is 0 Å². The maximum atomic E-state index is 9.78. The fourth-order valence-electron chi connectivity index (χ4n) is 2.80. The van der Waals surface area contributed by atoms with E-state index in [1.54, 1.807) is 0 Å². The molecule has 1 heterocycles. The molecular weight excluding hydrogens is 216 g/mol. The van der Waals surface area contributed by atoms with E-state index in [9.17, 15) is 5.11 Å². The van der Waals surface area contributed by atoms with E-state index >= 15 is 0 Å². The summed E-state index contributed by atoms with van der Waals surface area (Å²) in [4.78, 5) is 0. The van der Waals surface area contributed by atoms with E-state index in [0.29, 0.717) is 12.7 Å². The van der Waals surface area contributed by atoms with Gasteiger partial charge in [0.2, 0.25) is 6.79 Å². The second-order valence-electron chi connectivity index (χ2n) is 4.98. The fraction of sp³-hybridized carbons (Fsp3) is 0.571. The minimum atomic E-state index is -0.0796. The van der Waals surface area contributed by atoms with Crippen LogP contribution in [0.5, 0.6) is 11.5 Å². The summed E-state index contributed by atoms with van der Waals surface area (Å²) in [6, 6.07) is 6.13. The molecule has 3 nitrogen and oxygen atoms in total. The number of rotatable bonds is 3. The van der Waals surface area contributed by atoms with Crippen LogP contribution in [0.3, 0.4) is 0 Å². The van der Waals surface area contributed by atoms with Crippen LogP contribution in [0.15, 0.2) is 18.2 Å². The Morgan fingerprint density at radius 2 is 2.06 bits per heavy atom. The summed E-state index contributed by atoms with van der Waals surface area (Å²) in [5.41, 5.74) is 1.27. The summed E-state index contributed by atoms with van der Waals surface area (Å²) in [5, 5.41) is 9.78. The quantitative estimate of drug-likeness (QED) is 0.873. The molecule has 1 saturated carbocycles. The number of hydrogen-bond acceptors (Lipinski definition) is 3. The summed E-state index contributed by atoms with van der Waals surface area (Å²) >= 11 is 0. The molecule has 0 saturated heterocycles. The first-order valence-electron chi connectivity index (χ1n) is 6.39. The molecule has 1 aliphatic heterocycles. The third-order valence-corrected chi connectivity index (χ3v) is 3.86. The van der Waals surface area contributed by atoms with E-state index in [4.69, 9.17) is 9.47 Å². The molecule has 17 heavy (non-hydrogen) atoms. The van der Waals surface area contributed by atoms with Crippen molar-refractivity contribution in [3.63, 3.8) is 0 Å². The highest BCUT2D eigenvalue weighted by atomic mass is 16.7. The first-order valence-corrected chi connectivity index (χ1v) is 6.39. The minimum absolute atomic E-state index is 0.0796. The number of fused-ring (bicyclic) bond motifs is 1. The predicted octanol–water partition coefficient (Wildman–Crippen LogP) is 2.51. The van der Waals surface area contributed by atoms with Crippen LogP contribution >= 0.6 is 0 Å². The van der Waals surface area contributed by atoms with Crippen molar-refractivity contribution in [2.45, 2.75) is 38.2 Å². The molecule has 92 valence electrons. The maximum Gasteiger partial charge on any atom is 0.231 e. The number of hydrogen-bond donors (Lipinski definition) is 1. The largest absolute Gasteiger partial charge is 0.454 e. The van der Waals surface area contributed by atoms with Crippen LogP contribution in [0, 0.1) is 5.92 Å². The Kier molecular flexibility index (Phi) is 2.93. The highest BCUT2D eigenvalue weighted by Crippen LogP contribution is 2.34. The van der Waals surface area contributed by atoms with Gasteiger partial charge >= 0.3 is 0 Å². The molecule has 0 aromatic heterocycles. The van der Waals surface area contributed by atoms with Gasteiger partial charge in [0.05, 0.1) is 6.10 Å². The highest BCUT2D eigenvalue weighted by Gasteiger charge is 2.24. The Morgan fingerprint density at radius 1 is 1.18 bits per heavy atom. The lowest BCUT2D eigenvalue weighted by molar-refractivity contribution is 0.128. The molecule has 0 radical (unpaired) electrons. The van der Waals surface area contributed by atoms with Gasteiger partial charge < -0.3 is 14.6 Å². The standard InChI is InChI=1S/C14H18O3/c15-12-3-1-2-11(12)6-4-10-5-7-13-14(8-10)17-9-16-13/h5,7-8,11-12,15H,1-4,6,9H2. The number of benzene rings is 1. The first-order chi connectivity index (χ1) is 8.33. The van der Waals surface area contributed by atoms with Gasteiger partial charge in [-0.05, 0) is 49.3 Å². The average Bonchev–Trinajstić information content (AvgIpc) is 2.94. The van der Waals surface area contributed by atoms with Gasteiger partial charge in [0, 0.05) is 0 Å². The van der Waals surface area contributed by atoms with Crippen LogP contribution in [-0.4, -0.2) is 18.0 Å². The smallest absolute Gasteiger partial charge is 0.231 e. The molecule has 2 aliphatic rings. The number of ether oxygens (including phenoxy) is 2. The highest BCUT2D eigenvalue weighted by molar-refractivity contribution is 5.44. The van der Waals surface area contributed by atoms with E-state index in [-0.39, 0.29) is 6.10 Å². The van der Waals surface area contributed by atoms with Gasteiger partial charge in [-0.3, -0.25) is 0 Å². The topological polar surface area (TPSA) is 38.7 Å². The first kappa shape index (κ1) is 10.9. The number of aryl methyl sites for hydroxylation is 1. The molecule has 2 atom stereocenters. The van der Waals surface area contributed by atoms with Crippen LogP contribution in [0.4, 0.5) is 0 Å². The zero-order valence-electron chi connectivity index (χ0n) is 9.89. The molecule has 1 aromatic rings. The normalized spacial score (nSPS) is 26.4. The fourth-order valence-corrected chi connectivity index (χ4v) is 2.80. The van der Waals surface area contributed by atoms with Gasteiger partial charge in [0.1, 0.15) is 0 Å². The molecule has 1 aromatic carbocycles. The van der Waals surface area contributed by atoms with Gasteiger partial charge in [-0.2, -0.15) is 0 Å². The third-order valence-electron chi connectivity index (χ3n) is 3.86. The van der Waals surface area contributed by atoms with Crippen LogP contribution < -0.4 is 9.47 Å². The lowest BCUT2D eigenvalue weighted by Crippen LogP contribution is -2.13. The summed E-state index contributed by atoms with van der Waals surface area (Å²) in [6.07, 6.45) is 5.33. The molecule has 2 unspecified atom stereocenters. The zero-order valence-corrected chi connectivity index (χ0v) is 9.89. The van der Waals surface area contributed by atoms with Crippen molar-refractivity contribution >= 4 is 0 Å². The second kappa shape index (κ2) is 4.57. The van der Waals surface area contributed by atoms with E-state index < -0.39 is 0 Å². The van der Waals surface area contributed by atoms with E-state index in [0.717, 1.165) is 30.8 Å². The van der Waals surface area contributed by atoms with Crippen molar-refractivity contribution in [2.75, 3.05) is 6.79 Å². The number of aliphatic hydroxyl groups is 1. The number of aliphatic hydroxyl groups excluding tert-OH is 1. The van der Waals surface area contributed by atoms with Gasteiger partial charge in [-0.1, -0.05) is 12.5 Å². The molecule has 0 bridgehead atoms. The van der Waals surface area contributed by atoms with Crippen LogP contribution in [0.2, 0.25) is 0 Å². The third kappa shape index (κ3) is 2.25. The summed E-state index contributed by atoms with van der Waals surface area (Å²) in [7, 11) is 0. The Morgan fingerprint density at radius 3 is 2.88 bits per heavy atom. The molecule has 1 fully saturated rings. The summed E-state index contributed by atoms with van der Waals surface area (Å²) in [5.74, 6) is 2.18. The van der Waals surface area contributed by atoms with Crippen molar-refractivity contribution in [1.29, 1.82) is 0 Å². The predicted molar refractivity (Wildman–Crippen MR) is 64.2 cm³/mol. The van der Waals surface area contributed by atoms with E-state index in [1.807, 2.05) is 6.07 Å². The van der Waals surface area contributed by atoms with Crippen molar-refractivity contribution in [3.05, 3.63) is 23.8 Å². The average molecular weight is 234 g/mol. The van der Waals surface area contributed by atoms with E-state index in [1.165, 1.54) is 18.4 Å². The summed E-state index contributed by atoms with van der Waals surface area (Å²) in [6.45, 7) is 0.333. The lowest BCUT2D eigenvalue weighted by Gasteiger charge is -2.13. The van der Waals surface area contributed by atoms with Crippen molar-refractivity contribution in [1.82, 2.24) is 0 Å². The maximum absolute atomic E-state index is 9.78. The molecule has 1 aliphatic carbocycles. The Labute approximate surface area is 101 Å². The van der Waals surface area contributed by atoms with E-state index in [2.05, 4.69) is 12.1 Å². The molecule has 3 heteroatoms. The SMILES string of the molecule is OC1CCCC1CCc1ccc2c(c1)OCO2. The van der Waals surface area contributed by atoms with Gasteiger partial charge in [0.15, 0.2) is 11.5 Å². The zero-order chi connectivity index (χ0) is 11.7. The van der Waals surface area contributed by atoms with Gasteiger partial charge in [-0.25, -0.2) is 0 Å². The summed E-state index contributed by atoms with van der Waals surface area (Å²) < 4.78 is 10.6. The lowest BCUT2D eigenvalue weighted by atomic mass is 9.96. The van der Waals surface area contributed by atoms with Crippen LogP contribution in [-0.2, 0) is 6.42 Å². The molecule has 3 rings (SSSR count). The second-order valence-corrected chi connectivity index (χ2v) is 4.98. The van der Waals surface area contributed by atoms with Crippen molar-refractivity contribution < 1.29 is 14.6 Å². The van der Waals surface area contributed by atoms with Crippen LogP contribution in [0.1, 0.15) is 31.2 Å². The molecule has 0 spiro atoms. The van der Waals surface area contributed by atoms with Crippen molar-refractivity contribution in [2.24, 2.45) is 5.92 Å². The Bertz CT molecular complexity index is 402. The monoisotopic (exact) mass is 234 g/mol. The van der Waals surface area contributed by atoms with Gasteiger partial charge in [-0.15, -0.1) is 0 Å².